The normalized spacial score (nSPS) is 14.7. The van der Waals surface area contributed by atoms with Gasteiger partial charge in [-0.15, -0.1) is 0 Å². The first-order valence-electron chi connectivity index (χ1n) is 13.5. The number of thiazole rings is 1. The first-order valence-corrected chi connectivity index (χ1v) is 15.9. The molecule has 43 heavy (non-hydrogen) atoms. The number of nitrogens with one attached hydrogen (secondary N) is 1. The van der Waals surface area contributed by atoms with Gasteiger partial charge in [0.25, 0.3) is 11.5 Å². The molecule has 214 valence electrons. The molecule has 9 heteroatoms. The number of amides is 1. The Balaban J connectivity index is 1.46. The van der Waals surface area contributed by atoms with Crippen LogP contribution in [0.25, 0.3) is 6.08 Å². The van der Waals surface area contributed by atoms with E-state index in [9.17, 15) is 9.59 Å². The second kappa shape index (κ2) is 12.7. The van der Waals surface area contributed by atoms with Crippen molar-refractivity contribution in [2.75, 3.05) is 5.32 Å². The highest BCUT2D eigenvalue weighted by molar-refractivity contribution is 9.11. The van der Waals surface area contributed by atoms with Crippen molar-refractivity contribution in [1.82, 2.24) is 4.57 Å². The zero-order chi connectivity index (χ0) is 29.9. The van der Waals surface area contributed by atoms with Crippen LogP contribution in [0.1, 0.15) is 29.7 Å². The van der Waals surface area contributed by atoms with Crippen LogP contribution in [0.15, 0.2) is 133 Å². The number of hydrogen-bond donors (Lipinski definition) is 1. The molecular weight excluding hydrogens is 690 g/mol. The molecule has 0 spiro atoms. The maximum atomic E-state index is 14.2. The standard InChI is InChI=1S/C34H25Br2N3O3S/c1-21-29(32(40)38-26-15-9-4-10-16-26)30(23-13-7-3-8-14-23)39-33(41)28(43-34(39)37-21)18-24-17-25(35)19-27(36)31(24)42-20-22-11-5-2-6-12-22/h2-19,30H,20H2,1H3,(H,38,40)/b28-18-/t30-/m1/s1. The first-order chi connectivity index (χ1) is 20.9. The van der Waals surface area contributed by atoms with Crippen molar-refractivity contribution >= 4 is 60.9 Å². The van der Waals surface area contributed by atoms with Gasteiger partial charge in [0.1, 0.15) is 12.4 Å². The zero-order valence-corrected chi connectivity index (χ0v) is 26.9. The van der Waals surface area contributed by atoms with Crippen LogP contribution in [0, 0.1) is 0 Å². The van der Waals surface area contributed by atoms with Crippen LogP contribution in [0.3, 0.4) is 0 Å². The lowest BCUT2D eigenvalue weighted by Crippen LogP contribution is -2.40. The Morgan fingerprint density at radius 3 is 2.33 bits per heavy atom. The van der Waals surface area contributed by atoms with E-state index in [1.165, 1.54) is 11.3 Å². The molecule has 2 heterocycles. The lowest BCUT2D eigenvalue weighted by atomic mass is 9.95. The lowest BCUT2D eigenvalue weighted by molar-refractivity contribution is -0.113. The van der Waals surface area contributed by atoms with Crippen LogP contribution in [-0.4, -0.2) is 10.5 Å². The van der Waals surface area contributed by atoms with Crippen LogP contribution in [0.4, 0.5) is 5.69 Å². The van der Waals surface area contributed by atoms with E-state index >= 15 is 0 Å². The molecule has 6 nitrogen and oxygen atoms in total. The number of ether oxygens (including phenoxy) is 1. The minimum absolute atomic E-state index is 0.236. The molecule has 1 amide bonds. The van der Waals surface area contributed by atoms with E-state index in [2.05, 4.69) is 37.2 Å². The van der Waals surface area contributed by atoms with Crippen molar-refractivity contribution in [3.05, 3.63) is 160 Å². The van der Waals surface area contributed by atoms with Gasteiger partial charge >= 0.3 is 0 Å². The molecule has 1 N–H and O–H groups in total. The second-order valence-electron chi connectivity index (χ2n) is 9.89. The molecule has 5 aromatic rings. The summed E-state index contributed by atoms with van der Waals surface area (Å²) < 4.78 is 9.94. The smallest absolute Gasteiger partial charge is 0.271 e. The molecule has 6 rings (SSSR count). The molecular formula is C34H25Br2N3O3S. The molecule has 1 atom stereocenters. The summed E-state index contributed by atoms with van der Waals surface area (Å²) >= 11 is 8.50. The Kier molecular flexibility index (Phi) is 8.56. The maximum Gasteiger partial charge on any atom is 0.271 e. The fourth-order valence-corrected chi connectivity index (χ4v) is 7.40. The fraction of sp³-hybridized carbons (Fsp3) is 0.0882. The first kappa shape index (κ1) is 29.0. The predicted molar refractivity (Wildman–Crippen MR) is 178 cm³/mol. The van der Waals surface area contributed by atoms with E-state index in [-0.39, 0.29) is 11.5 Å². The van der Waals surface area contributed by atoms with E-state index in [1.807, 2.05) is 116 Å². The third kappa shape index (κ3) is 6.20. The number of carbonyl (C=O) groups excluding carboxylic acids is 1. The molecule has 0 bridgehead atoms. The van der Waals surface area contributed by atoms with Gasteiger partial charge in [-0.2, -0.15) is 0 Å². The molecule has 1 aliphatic rings. The van der Waals surface area contributed by atoms with Crippen molar-refractivity contribution < 1.29 is 9.53 Å². The molecule has 4 aromatic carbocycles. The third-order valence-corrected chi connectivity index (χ3v) is 8.99. The average Bonchev–Trinajstić information content (AvgIpc) is 3.31. The number of benzene rings is 4. The van der Waals surface area contributed by atoms with Crippen LogP contribution >= 0.6 is 43.2 Å². The maximum absolute atomic E-state index is 14.2. The van der Waals surface area contributed by atoms with Gasteiger partial charge in [-0.1, -0.05) is 106 Å². The van der Waals surface area contributed by atoms with Crippen molar-refractivity contribution in [2.24, 2.45) is 4.99 Å². The number of anilines is 1. The van der Waals surface area contributed by atoms with Gasteiger partial charge in [0.05, 0.1) is 26.3 Å². The molecule has 1 aromatic heterocycles. The van der Waals surface area contributed by atoms with Crippen molar-refractivity contribution in [3.63, 3.8) is 0 Å². The fourth-order valence-electron chi connectivity index (χ4n) is 4.99. The predicted octanol–water partition coefficient (Wildman–Crippen LogP) is 6.98. The number of hydrogen-bond acceptors (Lipinski definition) is 5. The highest BCUT2D eigenvalue weighted by Gasteiger charge is 2.32. The number of para-hydroxylation sites is 1. The number of carbonyl (C=O) groups is 1. The van der Waals surface area contributed by atoms with E-state index in [0.717, 1.165) is 25.6 Å². The van der Waals surface area contributed by atoms with Crippen LogP contribution in [0.5, 0.6) is 5.75 Å². The minimum atomic E-state index is -0.647. The average molecular weight is 715 g/mol. The quantitative estimate of drug-likeness (QED) is 0.198. The monoisotopic (exact) mass is 713 g/mol. The molecule has 0 saturated carbocycles. The van der Waals surface area contributed by atoms with Gasteiger partial charge in [0.15, 0.2) is 4.80 Å². The zero-order valence-electron chi connectivity index (χ0n) is 23.0. The van der Waals surface area contributed by atoms with Crippen molar-refractivity contribution in [1.29, 1.82) is 0 Å². The molecule has 0 radical (unpaired) electrons. The summed E-state index contributed by atoms with van der Waals surface area (Å²) in [6.45, 7) is 2.18. The Morgan fingerprint density at radius 2 is 1.63 bits per heavy atom. The SMILES string of the molecule is CC1=C(C(=O)Nc2ccccc2)[C@@H](c2ccccc2)n2c(s/c(=C\c3cc(Br)cc(Br)c3OCc3ccccc3)c2=O)=N1. The Hall–Kier alpha value is -4.05. The highest BCUT2D eigenvalue weighted by atomic mass is 79.9. The summed E-state index contributed by atoms with van der Waals surface area (Å²) in [5.74, 6) is 0.319. The van der Waals surface area contributed by atoms with Gasteiger partial charge in [-0.05, 0) is 64.3 Å². The summed E-state index contributed by atoms with van der Waals surface area (Å²) in [4.78, 5) is 33.2. The summed E-state index contributed by atoms with van der Waals surface area (Å²) in [5, 5.41) is 2.98. The largest absolute Gasteiger partial charge is 0.487 e. The van der Waals surface area contributed by atoms with Gasteiger partial charge in [0, 0.05) is 15.7 Å². The summed E-state index contributed by atoms with van der Waals surface area (Å²) in [6, 6.07) is 31.9. The van der Waals surface area contributed by atoms with Crippen molar-refractivity contribution in [2.45, 2.75) is 19.6 Å². The van der Waals surface area contributed by atoms with Crippen LogP contribution < -0.4 is 24.9 Å². The van der Waals surface area contributed by atoms with E-state index in [4.69, 9.17) is 9.73 Å². The molecule has 0 saturated heterocycles. The van der Waals surface area contributed by atoms with Gasteiger partial charge < -0.3 is 10.1 Å². The van der Waals surface area contributed by atoms with E-state index < -0.39 is 6.04 Å². The summed E-state index contributed by atoms with van der Waals surface area (Å²) in [5.41, 5.74) is 4.00. The van der Waals surface area contributed by atoms with E-state index in [0.29, 0.717) is 38.6 Å². The topological polar surface area (TPSA) is 72.7 Å². The Morgan fingerprint density at radius 1 is 0.977 bits per heavy atom. The summed E-state index contributed by atoms with van der Waals surface area (Å²) in [6.07, 6.45) is 1.82. The van der Waals surface area contributed by atoms with Gasteiger partial charge in [0.2, 0.25) is 0 Å². The highest BCUT2D eigenvalue weighted by Crippen LogP contribution is 2.34. The second-order valence-corrected chi connectivity index (χ2v) is 12.7. The lowest BCUT2D eigenvalue weighted by Gasteiger charge is -2.25. The third-order valence-electron chi connectivity index (χ3n) is 6.96. The Bertz CT molecular complexity index is 2020. The molecule has 0 aliphatic carbocycles. The van der Waals surface area contributed by atoms with Gasteiger partial charge in [-0.3, -0.25) is 14.2 Å². The minimum Gasteiger partial charge on any atom is -0.487 e. The summed E-state index contributed by atoms with van der Waals surface area (Å²) in [7, 11) is 0. The molecule has 1 aliphatic heterocycles. The van der Waals surface area contributed by atoms with Crippen LogP contribution in [0.2, 0.25) is 0 Å². The number of nitrogens with zero attached hydrogens (tertiary/aromatic N) is 2. The van der Waals surface area contributed by atoms with Gasteiger partial charge in [-0.25, -0.2) is 4.99 Å². The number of halogens is 2. The number of rotatable bonds is 7. The Labute approximate surface area is 269 Å². The number of allylic oxidation sites excluding steroid dienone is 1. The van der Waals surface area contributed by atoms with Crippen LogP contribution in [-0.2, 0) is 11.4 Å². The number of fused-ring (bicyclic) bond motifs is 1. The van der Waals surface area contributed by atoms with E-state index in [1.54, 1.807) is 4.57 Å². The number of aromatic nitrogens is 1. The van der Waals surface area contributed by atoms with Crippen molar-refractivity contribution in [3.8, 4) is 5.75 Å². The molecule has 0 fully saturated rings. The molecule has 0 unspecified atom stereocenters.